The highest BCUT2D eigenvalue weighted by molar-refractivity contribution is 5.96. The zero-order valence-electron chi connectivity index (χ0n) is 13.8. The van der Waals surface area contributed by atoms with E-state index in [0.29, 0.717) is 23.8 Å². The molecule has 1 aliphatic carbocycles. The van der Waals surface area contributed by atoms with E-state index in [2.05, 4.69) is 16.0 Å². The number of carbonyl (C=O) groups is 2. The molecule has 0 aromatic heterocycles. The third kappa shape index (κ3) is 7.19. The summed E-state index contributed by atoms with van der Waals surface area (Å²) in [4.78, 5) is 22.9. The van der Waals surface area contributed by atoms with Crippen molar-refractivity contribution in [3.8, 4) is 0 Å². The van der Waals surface area contributed by atoms with Gasteiger partial charge in [-0.15, -0.1) is 12.4 Å². The van der Waals surface area contributed by atoms with Crippen molar-refractivity contribution in [1.29, 1.82) is 0 Å². The Morgan fingerprint density at radius 2 is 1.79 bits per heavy atom. The largest absolute Gasteiger partial charge is 0.351 e. The second kappa shape index (κ2) is 10.9. The highest BCUT2D eigenvalue weighted by Gasteiger charge is 2.11. The SMILES string of the molecule is Cl.NC(=O)Nc1cccc(C(=O)NCCNC2CCCCCC2)c1. The Balaban J connectivity index is 0.00000288. The maximum Gasteiger partial charge on any atom is 0.316 e. The van der Waals surface area contributed by atoms with Gasteiger partial charge in [-0.1, -0.05) is 31.7 Å². The van der Waals surface area contributed by atoms with Crippen LogP contribution in [0.2, 0.25) is 0 Å². The zero-order valence-corrected chi connectivity index (χ0v) is 14.7. The molecule has 0 spiro atoms. The zero-order chi connectivity index (χ0) is 16.5. The molecule has 1 aromatic rings. The minimum Gasteiger partial charge on any atom is -0.351 e. The first-order valence-electron chi connectivity index (χ1n) is 8.33. The molecular formula is C17H27ClN4O2. The number of urea groups is 1. The van der Waals surface area contributed by atoms with Gasteiger partial charge < -0.3 is 21.7 Å². The van der Waals surface area contributed by atoms with Gasteiger partial charge in [-0.25, -0.2) is 4.79 Å². The smallest absolute Gasteiger partial charge is 0.316 e. The third-order valence-corrected chi connectivity index (χ3v) is 4.09. The molecule has 5 N–H and O–H groups in total. The summed E-state index contributed by atoms with van der Waals surface area (Å²) in [7, 11) is 0. The van der Waals surface area contributed by atoms with E-state index in [4.69, 9.17) is 5.73 Å². The molecule has 6 nitrogen and oxygen atoms in total. The number of primary amides is 1. The van der Waals surface area contributed by atoms with Crippen LogP contribution in [-0.2, 0) is 0 Å². The van der Waals surface area contributed by atoms with E-state index >= 15 is 0 Å². The molecule has 0 radical (unpaired) electrons. The molecule has 134 valence electrons. The van der Waals surface area contributed by atoms with E-state index in [-0.39, 0.29) is 18.3 Å². The van der Waals surface area contributed by atoms with Gasteiger partial charge in [0.15, 0.2) is 0 Å². The Labute approximate surface area is 149 Å². The summed E-state index contributed by atoms with van der Waals surface area (Å²) in [5.74, 6) is -0.152. The summed E-state index contributed by atoms with van der Waals surface area (Å²) >= 11 is 0. The minimum atomic E-state index is -0.643. The van der Waals surface area contributed by atoms with Crippen LogP contribution in [0.15, 0.2) is 24.3 Å². The third-order valence-electron chi connectivity index (χ3n) is 4.09. The Hall–Kier alpha value is -1.79. The van der Waals surface area contributed by atoms with Crippen LogP contribution < -0.4 is 21.7 Å². The first-order chi connectivity index (χ1) is 11.1. The quantitative estimate of drug-likeness (QED) is 0.467. The number of nitrogens with two attached hydrogens (primary N) is 1. The number of benzene rings is 1. The van der Waals surface area contributed by atoms with Crippen molar-refractivity contribution in [3.63, 3.8) is 0 Å². The maximum atomic E-state index is 12.1. The number of amides is 3. The molecule has 7 heteroatoms. The standard InChI is InChI=1S/C17H26N4O2.ClH/c18-17(23)21-15-9-5-6-13(12-15)16(22)20-11-10-19-14-7-3-1-2-4-8-14;/h5-6,9,12,14,19H,1-4,7-8,10-11H2,(H,20,22)(H3,18,21,23);1H. The molecule has 1 aromatic carbocycles. The number of nitrogens with one attached hydrogen (secondary N) is 3. The predicted octanol–water partition coefficient (Wildman–Crippen LogP) is 2.64. The van der Waals surface area contributed by atoms with E-state index in [0.717, 1.165) is 6.54 Å². The number of carbonyl (C=O) groups excluding carboxylic acids is 2. The van der Waals surface area contributed by atoms with Gasteiger partial charge in [0.2, 0.25) is 0 Å². The number of hydrogen-bond donors (Lipinski definition) is 4. The Morgan fingerprint density at radius 1 is 1.08 bits per heavy atom. The van der Waals surface area contributed by atoms with Crippen LogP contribution in [0.5, 0.6) is 0 Å². The van der Waals surface area contributed by atoms with Crippen molar-refractivity contribution in [2.24, 2.45) is 5.73 Å². The molecule has 1 aliphatic rings. The summed E-state index contributed by atoms with van der Waals surface area (Å²) < 4.78 is 0. The lowest BCUT2D eigenvalue weighted by Crippen LogP contribution is -2.36. The maximum absolute atomic E-state index is 12.1. The summed E-state index contributed by atoms with van der Waals surface area (Å²) in [5, 5.41) is 8.87. The fourth-order valence-corrected chi connectivity index (χ4v) is 2.92. The molecule has 0 bridgehead atoms. The monoisotopic (exact) mass is 354 g/mol. The van der Waals surface area contributed by atoms with Crippen molar-refractivity contribution >= 4 is 30.0 Å². The Kier molecular flexibility index (Phi) is 9.19. The van der Waals surface area contributed by atoms with Crippen molar-refractivity contribution in [1.82, 2.24) is 10.6 Å². The van der Waals surface area contributed by atoms with Gasteiger partial charge in [-0.05, 0) is 31.0 Å². The highest BCUT2D eigenvalue weighted by atomic mass is 35.5. The number of halogens is 1. The van der Waals surface area contributed by atoms with Gasteiger partial charge in [0, 0.05) is 30.4 Å². The summed E-state index contributed by atoms with van der Waals surface area (Å²) in [6.45, 7) is 1.36. The van der Waals surface area contributed by atoms with Crippen molar-refractivity contribution in [2.75, 3.05) is 18.4 Å². The van der Waals surface area contributed by atoms with Gasteiger partial charge in [0.25, 0.3) is 5.91 Å². The molecule has 0 saturated heterocycles. The second-order valence-electron chi connectivity index (χ2n) is 5.97. The van der Waals surface area contributed by atoms with Crippen LogP contribution in [-0.4, -0.2) is 31.1 Å². The summed E-state index contributed by atoms with van der Waals surface area (Å²) in [5.41, 5.74) is 6.09. The molecule has 1 fully saturated rings. The van der Waals surface area contributed by atoms with Crippen LogP contribution in [0.3, 0.4) is 0 Å². The van der Waals surface area contributed by atoms with Crippen LogP contribution >= 0.6 is 12.4 Å². The van der Waals surface area contributed by atoms with E-state index in [1.54, 1.807) is 24.3 Å². The second-order valence-corrected chi connectivity index (χ2v) is 5.97. The van der Waals surface area contributed by atoms with Crippen molar-refractivity contribution in [3.05, 3.63) is 29.8 Å². The van der Waals surface area contributed by atoms with Crippen molar-refractivity contribution < 1.29 is 9.59 Å². The lowest BCUT2D eigenvalue weighted by molar-refractivity contribution is 0.0953. The van der Waals surface area contributed by atoms with Gasteiger partial charge in [0.1, 0.15) is 0 Å². The number of hydrogen-bond acceptors (Lipinski definition) is 3. The lowest BCUT2D eigenvalue weighted by atomic mass is 10.1. The first-order valence-corrected chi connectivity index (χ1v) is 8.33. The van der Waals surface area contributed by atoms with Gasteiger partial charge >= 0.3 is 6.03 Å². The number of rotatable bonds is 6. The van der Waals surface area contributed by atoms with E-state index in [9.17, 15) is 9.59 Å². The van der Waals surface area contributed by atoms with Crippen molar-refractivity contribution in [2.45, 2.75) is 44.6 Å². The fourth-order valence-electron chi connectivity index (χ4n) is 2.92. The van der Waals surface area contributed by atoms with Gasteiger partial charge in [0.05, 0.1) is 0 Å². The van der Waals surface area contributed by atoms with Gasteiger partial charge in [-0.3, -0.25) is 4.79 Å². The molecule has 0 heterocycles. The first kappa shape index (κ1) is 20.3. The molecule has 1 saturated carbocycles. The van der Waals surface area contributed by atoms with E-state index in [1.165, 1.54) is 38.5 Å². The normalized spacial score (nSPS) is 15.0. The number of anilines is 1. The average molecular weight is 355 g/mol. The molecule has 0 aliphatic heterocycles. The molecule has 24 heavy (non-hydrogen) atoms. The molecule has 2 rings (SSSR count). The van der Waals surface area contributed by atoms with Crippen LogP contribution in [0.25, 0.3) is 0 Å². The average Bonchev–Trinajstić information content (AvgIpc) is 2.79. The lowest BCUT2D eigenvalue weighted by Gasteiger charge is -2.16. The van der Waals surface area contributed by atoms with Gasteiger partial charge in [-0.2, -0.15) is 0 Å². The van der Waals surface area contributed by atoms with Crippen LogP contribution in [0.1, 0.15) is 48.9 Å². The summed E-state index contributed by atoms with van der Waals surface area (Å²) in [6, 6.07) is 6.66. The summed E-state index contributed by atoms with van der Waals surface area (Å²) in [6.07, 6.45) is 7.73. The topological polar surface area (TPSA) is 96.2 Å². The van der Waals surface area contributed by atoms with E-state index < -0.39 is 6.03 Å². The van der Waals surface area contributed by atoms with E-state index in [1.807, 2.05) is 0 Å². The fraction of sp³-hybridized carbons (Fsp3) is 0.529. The molecular weight excluding hydrogens is 328 g/mol. The molecule has 0 unspecified atom stereocenters. The van der Waals surface area contributed by atoms with Crippen LogP contribution in [0, 0.1) is 0 Å². The Morgan fingerprint density at radius 3 is 2.46 bits per heavy atom. The minimum absolute atomic E-state index is 0. The van der Waals surface area contributed by atoms with Crippen LogP contribution in [0.4, 0.5) is 10.5 Å². The molecule has 3 amide bonds. The highest BCUT2D eigenvalue weighted by Crippen LogP contribution is 2.16. The Bertz CT molecular complexity index is 531. The molecule has 0 atom stereocenters. The predicted molar refractivity (Wildman–Crippen MR) is 98.7 cm³/mol.